The summed E-state index contributed by atoms with van der Waals surface area (Å²) >= 11 is 0. The number of hydrogen-bond donors (Lipinski definition) is 2. The molecular formula is C35H49N3O2. The van der Waals surface area contributed by atoms with E-state index in [9.17, 15) is 4.79 Å². The van der Waals surface area contributed by atoms with Crippen molar-refractivity contribution in [3.63, 3.8) is 0 Å². The summed E-state index contributed by atoms with van der Waals surface area (Å²) in [6, 6.07) is 15.3. The number of carbonyl (C=O) groups excluding carboxylic acids is 1. The second kappa shape index (κ2) is 14.2. The molecule has 3 unspecified atom stereocenters. The van der Waals surface area contributed by atoms with E-state index in [-0.39, 0.29) is 5.91 Å². The van der Waals surface area contributed by atoms with Crippen LogP contribution in [0.4, 0.5) is 0 Å². The van der Waals surface area contributed by atoms with Crippen LogP contribution in [-0.4, -0.2) is 30.7 Å². The molecule has 5 nitrogen and oxygen atoms in total. The van der Waals surface area contributed by atoms with Crippen molar-refractivity contribution in [2.24, 2.45) is 11.7 Å². The van der Waals surface area contributed by atoms with E-state index in [2.05, 4.69) is 40.3 Å². The zero-order valence-electron chi connectivity index (χ0n) is 24.5. The third kappa shape index (κ3) is 7.09. The summed E-state index contributed by atoms with van der Waals surface area (Å²) in [4.78, 5) is 11.8. The van der Waals surface area contributed by atoms with Gasteiger partial charge in [-0.15, -0.1) is 0 Å². The Balaban J connectivity index is 1.23. The number of aromatic nitrogens is 1. The molecule has 0 radical (unpaired) electrons. The van der Waals surface area contributed by atoms with E-state index in [1.807, 2.05) is 25.3 Å². The number of nitrogens with one attached hydrogen (secondary N) is 1. The molecule has 2 fully saturated rings. The molecule has 216 valence electrons. The van der Waals surface area contributed by atoms with Gasteiger partial charge in [-0.2, -0.15) is 0 Å². The molecule has 5 rings (SSSR count). The van der Waals surface area contributed by atoms with E-state index in [0.717, 1.165) is 36.7 Å². The SMILES string of the molecule is COc1cccc(C2CCCCNCCC2)c1CCCC1CCCCC(n2ccc3ccc(C(N)=O)cc32)CC1. The van der Waals surface area contributed by atoms with Crippen molar-refractivity contribution in [2.45, 2.75) is 102 Å². The zero-order valence-corrected chi connectivity index (χ0v) is 24.5. The molecule has 2 aromatic carbocycles. The lowest BCUT2D eigenvalue weighted by molar-refractivity contribution is 0.100. The summed E-state index contributed by atoms with van der Waals surface area (Å²) in [7, 11) is 1.84. The molecule has 1 aliphatic carbocycles. The number of primary amides is 1. The molecule has 1 amide bonds. The van der Waals surface area contributed by atoms with Crippen LogP contribution in [0.1, 0.15) is 117 Å². The number of carbonyl (C=O) groups is 1. The van der Waals surface area contributed by atoms with E-state index in [0.29, 0.717) is 17.5 Å². The molecule has 5 heteroatoms. The maximum Gasteiger partial charge on any atom is 0.248 e. The minimum Gasteiger partial charge on any atom is -0.496 e. The van der Waals surface area contributed by atoms with Gasteiger partial charge in [-0.05, 0) is 123 Å². The Kier molecular flexibility index (Phi) is 10.2. The third-order valence-corrected chi connectivity index (χ3v) is 9.64. The fourth-order valence-electron chi connectivity index (χ4n) is 7.40. The number of fused-ring (bicyclic) bond motifs is 1. The first-order valence-corrected chi connectivity index (χ1v) is 15.9. The molecule has 2 heterocycles. The van der Waals surface area contributed by atoms with Crippen LogP contribution in [0, 0.1) is 5.92 Å². The van der Waals surface area contributed by atoms with Crippen LogP contribution in [-0.2, 0) is 6.42 Å². The Bertz CT molecular complexity index is 1240. The topological polar surface area (TPSA) is 69.3 Å². The van der Waals surface area contributed by atoms with E-state index in [1.165, 1.54) is 94.4 Å². The summed E-state index contributed by atoms with van der Waals surface area (Å²) in [6.07, 6.45) is 19.9. The predicted molar refractivity (Wildman–Crippen MR) is 165 cm³/mol. The Hall–Kier alpha value is -2.79. The molecule has 0 spiro atoms. The van der Waals surface area contributed by atoms with E-state index in [4.69, 9.17) is 10.5 Å². The summed E-state index contributed by atoms with van der Waals surface area (Å²) in [5, 5.41) is 4.79. The molecule has 3 atom stereocenters. The van der Waals surface area contributed by atoms with Crippen LogP contribution in [0.2, 0.25) is 0 Å². The van der Waals surface area contributed by atoms with Crippen LogP contribution < -0.4 is 15.8 Å². The minimum absolute atomic E-state index is 0.354. The van der Waals surface area contributed by atoms with Gasteiger partial charge in [-0.3, -0.25) is 4.79 Å². The molecule has 1 saturated carbocycles. The fraction of sp³-hybridized carbons (Fsp3) is 0.571. The number of benzene rings is 2. The first-order chi connectivity index (χ1) is 19.6. The lowest BCUT2D eigenvalue weighted by atomic mass is 9.83. The number of ether oxygens (including phenoxy) is 1. The zero-order chi connectivity index (χ0) is 27.7. The highest BCUT2D eigenvalue weighted by atomic mass is 16.5. The monoisotopic (exact) mass is 543 g/mol. The minimum atomic E-state index is -0.354. The number of nitrogens with zero attached hydrogens (tertiary/aromatic N) is 1. The van der Waals surface area contributed by atoms with Gasteiger partial charge in [0.05, 0.1) is 7.11 Å². The third-order valence-electron chi connectivity index (χ3n) is 9.64. The van der Waals surface area contributed by atoms with E-state index in [1.54, 1.807) is 5.56 Å². The Morgan fingerprint density at radius 3 is 2.65 bits per heavy atom. The van der Waals surface area contributed by atoms with Crippen LogP contribution in [0.3, 0.4) is 0 Å². The lowest BCUT2D eigenvalue weighted by Gasteiger charge is -2.27. The van der Waals surface area contributed by atoms with Gasteiger partial charge >= 0.3 is 0 Å². The standard InChI is InChI=1S/C35H49N3O2/c1-40-34-16-7-14-31(27-11-4-5-22-37-23-8-12-27)32(34)15-6-10-26-9-2-3-13-30(20-17-26)38-24-21-28-18-19-29(35(36)39)25-33(28)38/h7,14,16,18-19,21,24-27,30,37H,2-6,8-13,15,17,20,22-23H2,1H3,(H2,36,39). The quantitative estimate of drug-likeness (QED) is 0.303. The number of methoxy groups -OCH3 is 1. The molecule has 1 aliphatic heterocycles. The van der Waals surface area contributed by atoms with Gasteiger partial charge < -0.3 is 20.4 Å². The number of nitrogens with two attached hydrogens (primary N) is 1. The average Bonchev–Trinajstić information content (AvgIpc) is 3.42. The molecule has 40 heavy (non-hydrogen) atoms. The van der Waals surface area contributed by atoms with E-state index >= 15 is 0 Å². The summed E-state index contributed by atoms with van der Waals surface area (Å²) in [5.74, 6) is 2.16. The van der Waals surface area contributed by atoms with Gasteiger partial charge in [0.1, 0.15) is 5.75 Å². The lowest BCUT2D eigenvalue weighted by Crippen LogP contribution is -2.15. The van der Waals surface area contributed by atoms with Crippen molar-refractivity contribution in [3.8, 4) is 5.75 Å². The van der Waals surface area contributed by atoms with Gasteiger partial charge in [0, 0.05) is 23.3 Å². The maximum absolute atomic E-state index is 11.8. The smallest absolute Gasteiger partial charge is 0.248 e. The van der Waals surface area contributed by atoms with Gasteiger partial charge in [0.25, 0.3) is 0 Å². The normalized spacial score (nSPS) is 23.0. The Morgan fingerprint density at radius 2 is 1.77 bits per heavy atom. The number of rotatable bonds is 8. The summed E-state index contributed by atoms with van der Waals surface area (Å²) in [6.45, 7) is 2.30. The molecule has 3 aromatic rings. The number of hydrogen-bond acceptors (Lipinski definition) is 3. The van der Waals surface area contributed by atoms with Crippen LogP contribution in [0.15, 0.2) is 48.7 Å². The summed E-state index contributed by atoms with van der Waals surface area (Å²) in [5.41, 5.74) is 10.3. The van der Waals surface area contributed by atoms with E-state index < -0.39 is 0 Å². The number of amides is 1. The second-order valence-electron chi connectivity index (χ2n) is 12.2. The summed E-state index contributed by atoms with van der Waals surface area (Å²) < 4.78 is 8.32. The molecule has 1 saturated heterocycles. The molecule has 1 aromatic heterocycles. The molecular weight excluding hydrogens is 494 g/mol. The van der Waals surface area contributed by atoms with Crippen molar-refractivity contribution in [2.75, 3.05) is 20.2 Å². The Morgan fingerprint density at radius 1 is 0.950 bits per heavy atom. The Labute approximate surface area is 240 Å². The first kappa shape index (κ1) is 28.7. The largest absolute Gasteiger partial charge is 0.496 e. The highest BCUT2D eigenvalue weighted by Gasteiger charge is 2.22. The van der Waals surface area contributed by atoms with Crippen LogP contribution >= 0.6 is 0 Å². The fourth-order valence-corrected chi connectivity index (χ4v) is 7.40. The second-order valence-corrected chi connectivity index (χ2v) is 12.2. The first-order valence-electron chi connectivity index (χ1n) is 15.9. The van der Waals surface area contributed by atoms with Gasteiger partial charge in [-0.25, -0.2) is 0 Å². The van der Waals surface area contributed by atoms with Gasteiger partial charge in [0.15, 0.2) is 0 Å². The average molecular weight is 544 g/mol. The highest BCUT2D eigenvalue weighted by Crippen LogP contribution is 2.37. The van der Waals surface area contributed by atoms with Gasteiger partial charge in [0.2, 0.25) is 5.91 Å². The van der Waals surface area contributed by atoms with Gasteiger partial charge in [-0.1, -0.05) is 50.3 Å². The van der Waals surface area contributed by atoms with Crippen LogP contribution in [0.5, 0.6) is 5.75 Å². The van der Waals surface area contributed by atoms with Crippen molar-refractivity contribution >= 4 is 16.8 Å². The van der Waals surface area contributed by atoms with Crippen LogP contribution in [0.25, 0.3) is 10.9 Å². The molecule has 2 aliphatic rings. The molecule has 3 N–H and O–H groups in total. The maximum atomic E-state index is 11.8. The predicted octanol–water partition coefficient (Wildman–Crippen LogP) is 7.92. The van der Waals surface area contributed by atoms with Crippen molar-refractivity contribution in [3.05, 3.63) is 65.4 Å². The molecule has 0 bridgehead atoms. The highest BCUT2D eigenvalue weighted by molar-refractivity contribution is 5.97. The van der Waals surface area contributed by atoms with Crippen molar-refractivity contribution < 1.29 is 9.53 Å². The van der Waals surface area contributed by atoms with Crippen molar-refractivity contribution in [1.82, 2.24) is 9.88 Å². The van der Waals surface area contributed by atoms with Crippen molar-refractivity contribution in [1.29, 1.82) is 0 Å².